The van der Waals surface area contributed by atoms with Crippen molar-refractivity contribution in [3.63, 3.8) is 0 Å². The third kappa shape index (κ3) is 1.93. The second-order valence-electron chi connectivity index (χ2n) is 5.95. The quantitative estimate of drug-likeness (QED) is 0.774. The monoisotopic (exact) mass is 257 g/mol. The molecule has 0 atom stereocenters. The summed E-state index contributed by atoms with van der Waals surface area (Å²) in [5, 5.41) is 0. The third-order valence-corrected chi connectivity index (χ3v) is 4.19. The summed E-state index contributed by atoms with van der Waals surface area (Å²) in [7, 11) is 1.67. The molecule has 1 fully saturated rings. The predicted molar refractivity (Wildman–Crippen MR) is 75.5 cm³/mol. The minimum atomic E-state index is 0.0698. The molecule has 1 saturated heterocycles. The normalized spacial score (nSPS) is 20.5. The summed E-state index contributed by atoms with van der Waals surface area (Å²) in [4.78, 5) is 14.4. The Kier molecular flexibility index (Phi) is 2.66. The summed E-state index contributed by atoms with van der Waals surface area (Å²) in [5.74, 6) is 1.04. The van der Waals surface area contributed by atoms with E-state index in [1.807, 2.05) is 24.3 Å². The van der Waals surface area contributed by atoms with Crippen LogP contribution < -0.4 is 9.64 Å². The Bertz CT molecular complexity index is 572. The zero-order valence-electron chi connectivity index (χ0n) is 11.7. The average molecular weight is 257 g/mol. The maximum absolute atomic E-state index is 12.1. The van der Waals surface area contributed by atoms with E-state index in [9.17, 15) is 4.79 Å². The lowest BCUT2D eigenvalue weighted by Gasteiger charge is -2.26. The van der Waals surface area contributed by atoms with E-state index in [-0.39, 0.29) is 11.2 Å². The lowest BCUT2D eigenvalue weighted by Crippen LogP contribution is -2.20. The fourth-order valence-corrected chi connectivity index (χ4v) is 2.99. The second-order valence-corrected chi connectivity index (χ2v) is 5.95. The first-order valence-corrected chi connectivity index (χ1v) is 6.71. The fourth-order valence-electron chi connectivity index (χ4n) is 2.99. The van der Waals surface area contributed by atoms with Gasteiger partial charge in [-0.25, -0.2) is 0 Å². The van der Waals surface area contributed by atoms with Crippen molar-refractivity contribution in [3.05, 3.63) is 35.5 Å². The Balaban J connectivity index is 2.15. The van der Waals surface area contributed by atoms with Crippen molar-refractivity contribution in [2.75, 3.05) is 18.6 Å². The Morgan fingerprint density at radius 1 is 1.32 bits per heavy atom. The topological polar surface area (TPSA) is 29.5 Å². The van der Waals surface area contributed by atoms with E-state index in [1.165, 1.54) is 0 Å². The van der Waals surface area contributed by atoms with Crippen LogP contribution >= 0.6 is 0 Å². The molecule has 3 rings (SSSR count). The van der Waals surface area contributed by atoms with Crippen LogP contribution in [0.1, 0.15) is 25.8 Å². The molecule has 0 spiro atoms. The molecular formula is C16H19NO2. The van der Waals surface area contributed by atoms with E-state index < -0.39 is 0 Å². The first kappa shape index (κ1) is 12.3. The van der Waals surface area contributed by atoms with Crippen LogP contribution in [0, 0.1) is 5.41 Å². The molecule has 0 bridgehead atoms. The Morgan fingerprint density at radius 2 is 2.11 bits per heavy atom. The standard InChI is InChI=1S/C16H19NO2/c1-16(2)6-7-17-14-10-13(19-3)5-4-11(14)8-12(18)9-15(16)17/h4-5,9-10H,6-8H2,1-3H3. The van der Waals surface area contributed by atoms with Gasteiger partial charge in [0.25, 0.3) is 0 Å². The van der Waals surface area contributed by atoms with Crippen LogP contribution in [-0.2, 0) is 11.2 Å². The molecule has 0 saturated carbocycles. The van der Waals surface area contributed by atoms with Gasteiger partial charge in [0.2, 0.25) is 0 Å². The van der Waals surface area contributed by atoms with E-state index in [4.69, 9.17) is 4.74 Å². The second kappa shape index (κ2) is 4.12. The highest BCUT2D eigenvalue weighted by molar-refractivity contribution is 5.95. The number of hydrogen-bond donors (Lipinski definition) is 0. The Hall–Kier alpha value is -1.77. The summed E-state index contributed by atoms with van der Waals surface area (Å²) >= 11 is 0. The van der Waals surface area contributed by atoms with Crippen molar-refractivity contribution >= 4 is 11.5 Å². The van der Waals surface area contributed by atoms with Crippen LogP contribution in [0.25, 0.3) is 0 Å². The molecule has 1 aromatic rings. The molecule has 2 aliphatic rings. The maximum Gasteiger partial charge on any atom is 0.161 e. The number of carbonyl (C=O) groups excluding carboxylic acids is 1. The fraction of sp³-hybridized carbons (Fsp3) is 0.438. The van der Waals surface area contributed by atoms with E-state index >= 15 is 0 Å². The number of ether oxygens (including phenoxy) is 1. The van der Waals surface area contributed by atoms with Gasteiger partial charge in [0, 0.05) is 41.9 Å². The van der Waals surface area contributed by atoms with E-state index in [0.29, 0.717) is 6.42 Å². The number of rotatable bonds is 1. The lowest BCUT2D eigenvalue weighted by atomic mass is 9.88. The van der Waals surface area contributed by atoms with Crippen molar-refractivity contribution in [1.29, 1.82) is 0 Å². The molecule has 1 aromatic carbocycles. The summed E-state index contributed by atoms with van der Waals surface area (Å²) in [6, 6.07) is 5.98. The number of nitrogens with zero attached hydrogens (tertiary/aromatic N) is 1. The molecule has 0 unspecified atom stereocenters. The Labute approximate surface area is 113 Å². The molecular weight excluding hydrogens is 238 g/mol. The van der Waals surface area contributed by atoms with Crippen molar-refractivity contribution < 1.29 is 9.53 Å². The van der Waals surface area contributed by atoms with Crippen LogP contribution in [0.5, 0.6) is 5.75 Å². The highest BCUT2D eigenvalue weighted by atomic mass is 16.5. The van der Waals surface area contributed by atoms with Crippen LogP contribution in [-0.4, -0.2) is 19.4 Å². The van der Waals surface area contributed by atoms with Crippen molar-refractivity contribution in [2.24, 2.45) is 5.41 Å². The summed E-state index contributed by atoms with van der Waals surface area (Å²) < 4.78 is 5.32. The lowest BCUT2D eigenvalue weighted by molar-refractivity contribution is -0.114. The molecule has 0 aromatic heterocycles. The van der Waals surface area contributed by atoms with E-state index in [2.05, 4.69) is 18.7 Å². The van der Waals surface area contributed by atoms with Gasteiger partial charge in [-0.1, -0.05) is 19.9 Å². The molecule has 0 amide bonds. The minimum absolute atomic E-state index is 0.0698. The van der Waals surface area contributed by atoms with Gasteiger partial charge in [0.05, 0.1) is 7.11 Å². The van der Waals surface area contributed by atoms with E-state index in [1.54, 1.807) is 7.11 Å². The number of methoxy groups -OCH3 is 1. The van der Waals surface area contributed by atoms with Gasteiger partial charge in [-0.2, -0.15) is 0 Å². The summed E-state index contributed by atoms with van der Waals surface area (Å²) in [6.07, 6.45) is 3.39. The molecule has 2 aliphatic heterocycles. The zero-order valence-corrected chi connectivity index (χ0v) is 11.7. The van der Waals surface area contributed by atoms with Gasteiger partial charge < -0.3 is 9.64 Å². The molecule has 19 heavy (non-hydrogen) atoms. The summed E-state index contributed by atoms with van der Waals surface area (Å²) in [5.41, 5.74) is 3.43. The SMILES string of the molecule is COc1ccc2c(c1)N1CCC(C)(C)C1=CC(=O)C2. The smallest absolute Gasteiger partial charge is 0.161 e. The molecule has 3 heteroatoms. The van der Waals surface area contributed by atoms with Crippen LogP contribution in [0.2, 0.25) is 0 Å². The number of ketones is 1. The van der Waals surface area contributed by atoms with Gasteiger partial charge in [-0.05, 0) is 18.1 Å². The van der Waals surface area contributed by atoms with Crippen molar-refractivity contribution in [2.45, 2.75) is 26.7 Å². The first-order valence-electron chi connectivity index (χ1n) is 6.71. The zero-order chi connectivity index (χ0) is 13.6. The number of allylic oxidation sites excluding steroid dienone is 2. The highest BCUT2D eigenvalue weighted by Gasteiger charge is 2.38. The predicted octanol–water partition coefficient (Wildman–Crippen LogP) is 2.94. The number of benzene rings is 1. The van der Waals surface area contributed by atoms with Gasteiger partial charge in [-0.3, -0.25) is 4.79 Å². The van der Waals surface area contributed by atoms with E-state index in [0.717, 1.165) is 35.7 Å². The van der Waals surface area contributed by atoms with Crippen molar-refractivity contribution in [1.82, 2.24) is 0 Å². The van der Waals surface area contributed by atoms with Crippen LogP contribution in [0.3, 0.4) is 0 Å². The van der Waals surface area contributed by atoms with Crippen LogP contribution in [0.4, 0.5) is 5.69 Å². The molecule has 2 heterocycles. The number of anilines is 1. The third-order valence-electron chi connectivity index (χ3n) is 4.19. The summed E-state index contributed by atoms with van der Waals surface area (Å²) in [6.45, 7) is 5.38. The van der Waals surface area contributed by atoms with Gasteiger partial charge in [0.15, 0.2) is 5.78 Å². The molecule has 0 aliphatic carbocycles. The first-order chi connectivity index (χ1) is 9.01. The maximum atomic E-state index is 12.1. The number of hydrogen-bond acceptors (Lipinski definition) is 3. The molecule has 0 radical (unpaired) electrons. The Morgan fingerprint density at radius 3 is 2.84 bits per heavy atom. The van der Waals surface area contributed by atoms with Gasteiger partial charge >= 0.3 is 0 Å². The molecule has 0 N–H and O–H groups in total. The minimum Gasteiger partial charge on any atom is -0.497 e. The molecule has 3 nitrogen and oxygen atoms in total. The largest absolute Gasteiger partial charge is 0.497 e. The molecule has 100 valence electrons. The number of fused-ring (bicyclic) bond motifs is 3. The van der Waals surface area contributed by atoms with Crippen molar-refractivity contribution in [3.8, 4) is 5.75 Å². The average Bonchev–Trinajstić information content (AvgIpc) is 2.57. The van der Waals surface area contributed by atoms with Gasteiger partial charge in [-0.15, -0.1) is 0 Å². The van der Waals surface area contributed by atoms with Crippen LogP contribution in [0.15, 0.2) is 30.0 Å². The number of carbonyl (C=O) groups is 1. The van der Waals surface area contributed by atoms with Gasteiger partial charge in [0.1, 0.15) is 5.75 Å². The highest BCUT2D eigenvalue weighted by Crippen LogP contribution is 2.45.